The molecule has 0 radical (unpaired) electrons. The summed E-state index contributed by atoms with van der Waals surface area (Å²) in [6, 6.07) is 13.5. The zero-order chi connectivity index (χ0) is 26.8. The van der Waals surface area contributed by atoms with E-state index in [1.165, 1.54) is 12.1 Å². The Bertz CT molecular complexity index is 1380. The molecule has 0 aliphatic carbocycles. The third-order valence-electron chi connectivity index (χ3n) is 6.18. The summed E-state index contributed by atoms with van der Waals surface area (Å²) >= 11 is 0. The van der Waals surface area contributed by atoms with Gasteiger partial charge in [-0.1, -0.05) is 50.2 Å². The first-order valence-electron chi connectivity index (χ1n) is 11.6. The molecule has 7 nitrogen and oxygen atoms in total. The minimum absolute atomic E-state index is 0.130. The molecule has 0 spiro atoms. The fourth-order valence-electron chi connectivity index (χ4n) is 4.57. The molecule has 1 amide bonds. The minimum atomic E-state index is -4.46. The number of nitrogens with zero attached hydrogens (tertiary/aromatic N) is 2. The van der Waals surface area contributed by atoms with Gasteiger partial charge in [-0.2, -0.15) is 13.2 Å². The molecule has 2 aromatic carbocycles. The predicted molar refractivity (Wildman–Crippen MR) is 134 cm³/mol. The predicted octanol–water partition coefficient (Wildman–Crippen LogP) is 6.79. The van der Waals surface area contributed by atoms with Crippen molar-refractivity contribution in [1.82, 2.24) is 15.5 Å². The highest BCUT2D eigenvalue weighted by Crippen LogP contribution is 2.39. The van der Waals surface area contributed by atoms with E-state index in [0.717, 1.165) is 28.5 Å². The van der Waals surface area contributed by atoms with Crippen molar-refractivity contribution in [2.75, 3.05) is 11.9 Å². The van der Waals surface area contributed by atoms with Crippen LogP contribution in [0.15, 0.2) is 71.5 Å². The van der Waals surface area contributed by atoms with Crippen molar-refractivity contribution < 1.29 is 27.6 Å². The van der Waals surface area contributed by atoms with Crippen LogP contribution in [0.2, 0.25) is 0 Å². The molecular formula is C27H27F3N4O3. The second kappa shape index (κ2) is 10.1. The first-order chi connectivity index (χ1) is 17.4. The lowest BCUT2D eigenvalue weighted by Gasteiger charge is -2.37. The quantitative estimate of drug-likeness (QED) is 0.252. The van der Waals surface area contributed by atoms with Gasteiger partial charge in [0.15, 0.2) is 11.6 Å². The van der Waals surface area contributed by atoms with Crippen molar-refractivity contribution in [3.63, 3.8) is 0 Å². The Morgan fingerprint density at radius 2 is 1.76 bits per heavy atom. The van der Waals surface area contributed by atoms with Crippen molar-refractivity contribution in [3.05, 3.63) is 78.1 Å². The normalized spacial score (nSPS) is 13.8. The lowest BCUT2D eigenvalue weighted by Crippen LogP contribution is -2.47. The van der Waals surface area contributed by atoms with E-state index in [4.69, 9.17) is 4.52 Å². The molecule has 0 saturated carbocycles. The summed E-state index contributed by atoms with van der Waals surface area (Å²) < 4.78 is 44.7. The van der Waals surface area contributed by atoms with Gasteiger partial charge in [-0.15, -0.1) is 0 Å². The fourth-order valence-corrected chi connectivity index (χ4v) is 4.57. The molecule has 3 N–H and O–H groups in total. The van der Waals surface area contributed by atoms with Gasteiger partial charge in [0.1, 0.15) is 0 Å². The first kappa shape index (κ1) is 26.0. The molecule has 0 saturated heterocycles. The molecule has 2 heterocycles. The molecule has 0 fully saturated rings. The molecule has 194 valence electrons. The van der Waals surface area contributed by atoms with Crippen LogP contribution in [-0.4, -0.2) is 33.9 Å². The van der Waals surface area contributed by atoms with Gasteiger partial charge in [0, 0.05) is 41.9 Å². The number of aromatic nitrogens is 2. The van der Waals surface area contributed by atoms with Crippen molar-refractivity contribution in [3.8, 4) is 11.3 Å². The summed E-state index contributed by atoms with van der Waals surface area (Å²) in [5.74, 6) is 0.486. The average molecular weight is 513 g/mol. The Hall–Kier alpha value is -4.08. The van der Waals surface area contributed by atoms with Gasteiger partial charge in [0.25, 0.3) is 0 Å². The monoisotopic (exact) mass is 512 g/mol. The minimum Gasteiger partial charge on any atom is -0.465 e. The number of benzene rings is 2. The number of fused-ring (bicyclic) bond motifs is 1. The van der Waals surface area contributed by atoms with Crippen LogP contribution < -0.4 is 10.6 Å². The van der Waals surface area contributed by atoms with Crippen molar-refractivity contribution in [2.45, 2.75) is 38.9 Å². The van der Waals surface area contributed by atoms with Gasteiger partial charge in [0.2, 0.25) is 0 Å². The summed E-state index contributed by atoms with van der Waals surface area (Å²) in [7, 11) is 0. The molecule has 0 aliphatic rings. The van der Waals surface area contributed by atoms with Crippen molar-refractivity contribution in [1.29, 1.82) is 0 Å². The number of pyridine rings is 1. The van der Waals surface area contributed by atoms with Gasteiger partial charge >= 0.3 is 12.3 Å². The lowest BCUT2D eigenvalue weighted by atomic mass is 9.72. The lowest BCUT2D eigenvalue weighted by molar-refractivity contribution is -0.137. The molecule has 2 atom stereocenters. The van der Waals surface area contributed by atoms with Crippen LogP contribution in [0.1, 0.15) is 37.8 Å². The molecule has 4 aromatic rings. The third-order valence-corrected chi connectivity index (χ3v) is 6.18. The van der Waals surface area contributed by atoms with E-state index >= 15 is 0 Å². The van der Waals surface area contributed by atoms with Crippen LogP contribution in [0, 0.1) is 5.41 Å². The standard InChI is InChI=1S/C27H27F3N4O3/c1-26(2,3)24(16-6-8-20(9-7-16)27(28,29)30)21(33-25(35)36)15-32-23-13-22(37-34-23)18-4-5-19-14-31-11-10-17(19)12-18/h4-14,21,24,33H,15H2,1-3H3,(H,32,34)(H,35,36). The molecule has 4 rings (SSSR count). The molecule has 0 bridgehead atoms. The van der Waals surface area contributed by atoms with E-state index in [1.54, 1.807) is 18.5 Å². The molecule has 2 unspecified atom stereocenters. The second-order valence-electron chi connectivity index (χ2n) is 9.91. The number of alkyl halides is 3. The molecule has 10 heteroatoms. The fraction of sp³-hybridized carbons (Fsp3) is 0.296. The Labute approximate surface area is 211 Å². The zero-order valence-corrected chi connectivity index (χ0v) is 20.5. The number of hydrogen-bond donors (Lipinski definition) is 3. The molecule has 2 aromatic heterocycles. The van der Waals surface area contributed by atoms with E-state index in [2.05, 4.69) is 20.8 Å². The second-order valence-corrected chi connectivity index (χ2v) is 9.91. The van der Waals surface area contributed by atoms with Crippen LogP contribution in [0.5, 0.6) is 0 Å². The first-order valence-corrected chi connectivity index (χ1v) is 11.6. The van der Waals surface area contributed by atoms with Crippen LogP contribution in [0.3, 0.4) is 0 Å². The highest BCUT2D eigenvalue weighted by molar-refractivity contribution is 5.86. The number of carboxylic acid groups (broad SMARTS) is 1. The van der Waals surface area contributed by atoms with E-state index in [-0.39, 0.29) is 6.54 Å². The summed E-state index contributed by atoms with van der Waals surface area (Å²) in [5.41, 5.74) is 0.165. The van der Waals surface area contributed by atoms with E-state index in [9.17, 15) is 23.1 Å². The third kappa shape index (κ3) is 6.19. The number of rotatable bonds is 7. The Kier molecular flexibility index (Phi) is 7.11. The number of halogens is 3. The van der Waals surface area contributed by atoms with Gasteiger partial charge in [-0.3, -0.25) is 4.98 Å². The van der Waals surface area contributed by atoms with Crippen molar-refractivity contribution in [2.24, 2.45) is 5.41 Å². The number of anilines is 1. The maximum Gasteiger partial charge on any atom is 0.416 e. The van der Waals surface area contributed by atoms with E-state index < -0.39 is 35.2 Å². The Morgan fingerprint density at radius 1 is 1.03 bits per heavy atom. The Morgan fingerprint density at radius 3 is 2.41 bits per heavy atom. The maximum absolute atomic E-state index is 13.1. The van der Waals surface area contributed by atoms with Crippen molar-refractivity contribution >= 4 is 22.7 Å². The highest BCUT2D eigenvalue weighted by atomic mass is 19.4. The zero-order valence-electron chi connectivity index (χ0n) is 20.5. The van der Waals surface area contributed by atoms with Gasteiger partial charge in [0.05, 0.1) is 11.6 Å². The van der Waals surface area contributed by atoms with Gasteiger partial charge < -0.3 is 20.3 Å². The average Bonchev–Trinajstić information content (AvgIpc) is 3.30. The number of hydrogen-bond acceptors (Lipinski definition) is 5. The largest absolute Gasteiger partial charge is 0.465 e. The van der Waals surface area contributed by atoms with Gasteiger partial charge in [-0.05, 0) is 40.6 Å². The Balaban J connectivity index is 1.56. The van der Waals surface area contributed by atoms with Crippen LogP contribution >= 0.6 is 0 Å². The number of nitrogens with one attached hydrogen (secondary N) is 2. The van der Waals surface area contributed by atoms with Crippen LogP contribution in [-0.2, 0) is 6.18 Å². The molecule has 37 heavy (non-hydrogen) atoms. The summed E-state index contributed by atoms with van der Waals surface area (Å²) in [6.45, 7) is 5.87. The van der Waals surface area contributed by atoms with Crippen LogP contribution in [0.25, 0.3) is 22.1 Å². The van der Waals surface area contributed by atoms with Crippen LogP contribution in [0.4, 0.5) is 23.8 Å². The van der Waals surface area contributed by atoms with Gasteiger partial charge in [-0.25, -0.2) is 4.79 Å². The molecule has 0 aliphatic heterocycles. The van der Waals surface area contributed by atoms with E-state index in [0.29, 0.717) is 17.1 Å². The SMILES string of the molecule is CC(C)(C)C(c1ccc(C(F)(F)F)cc1)C(CNc1cc(-c2ccc3cnccc3c2)on1)NC(=O)O. The summed E-state index contributed by atoms with van der Waals surface area (Å²) in [4.78, 5) is 15.7. The van der Waals surface area contributed by atoms with E-state index in [1.807, 2.05) is 45.0 Å². The smallest absolute Gasteiger partial charge is 0.416 e. The highest BCUT2D eigenvalue weighted by Gasteiger charge is 2.36. The number of amides is 1. The number of carbonyl (C=O) groups is 1. The summed E-state index contributed by atoms with van der Waals surface area (Å²) in [6.07, 6.45) is -2.22. The summed E-state index contributed by atoms with van der Waals surface area (Å²) in [5, 5.41) is 21.2. The maximum atomic E-state index is 13.1. The topological polar surface area (TPSA) is 100 Å². The molecular weight excluding hydrogens is 485 g/mol.